The second-order valence-electron chi connectivity index (χ2n) is 8.08. The molecule has 3 fully saturated rings. The Morgan fingerprint density at radius 1 is 1.16 bits per heavy atom. The molecule has 3 aliphatic rings. The Bertz CT molecular complexity index is 1080. The number of rotatable bonds is 9. The highest BCUT2D eigenvalue weighted by atomic mass is 35.5. The third-order valence-corrected chi connectivity index (χ3v) is 6.80. The summed E-state index contributed by atoms with van der Waals surface area (Å²) in [6.45, 7) is -0.246. The highest BCUT2D eigenvalue weighted by Gasteiger charge is 2.69. The molecule has 2 amide bonds. The van der Waals surface area contributed by atoms with Crippen LogP contribution in [0.2, 0.25) is 5.02 Å². The monoisotopic (exact) mass is 478 g/mol. The Balaban J connectivity index is 1.27. The van der Waals surface area contributed by atoms with Crippen LogP contribution in [0.3, 0.4) is 0 Å². The van der Waals surface area contributed by atoms with Gasteiger partial charge in [0.05, 0.1) is 16.0 Å². The maximum atomic E-state index is 13.4. The van der Waals surface area contributed by atoms with Crippen LogP contribution in [0.1, 0.15) is 29.6 Å². The second kappa shape index (κ2) is 8.59. The van der Waals surface area contributed by atoms with Crippen LogP contribution >= 0.6 is 23.4 Å². The van der Waals surface area contributed by atoms with Crippen LogP contribution in [0.15, 0.2) is 46.6 Å². The van der Waals surface area contributed by atoms with Crippen LogP contribution in [0.25, 0.3) is 0 Å². The zero-order chi connectivity index (χ0) is 22.9. The Hall–Kier alpha value is -2.85. The average Bonchev–Trinajstić information content (AvgIpc) is 2.72. The van der Waals surface area contributed by atoms with Crippen LogP contribution in [0, 0.1) is 10.7 Å². The van der Waals surface area contributed by atoms with Crippen molar-refractivity contribution in [3.63, 3.8) is 0 Å². The summed E-state index contributed by atoms with van der Waals surface area (Å²) in [4.78, 5) is 36.3. The minimum absolute atomic E-state index is 0.0175. The van der Waals surface area contributed by atoms with Gasteiger partial charge in [-0.05, 0) is 55.9 Å². The zero-order valence-corrected chi connectivity index (χ0v) is 18.6. The summed E-state index contributed by atoms with van der Waals surface area (Å²) < 4.78 is 18.8. The van der Waals surface area contributed by atoms with Gasteiger partial charge in [0.2, 0.25) is 0 Å². The van der Waals surface area contributed by atoms with Crippen LogP contribution in [-0.2, 0) is 4.79 Å². The Morgan fingerprint density at radius 2 is 1.88 bits per heavy atom. The number of nitrogens with zero attached hydrogens (tertiary/aromatic N) is 1. The van der Waals surface area contributed by atoms with Gasteiger partial charge in [-0.3, -0.25) is 9.59 Å². The molecule has 0 saturated heterocycles. The van der Waals surface area contributed by atoms with E-state index in [0.29, 0.717) is 30.5 Å². The smallest absolute Gasteiger partial charge is 0.258 e. The van der Waals surface area contributed by atoms with Crippen molar-refractivity contribution in [2.45, 2.75) is 35.2 Å². The summed E-state index contributed by atoms with van der Waals surface area (Å²) >= 11 is 7.06. The number of amides is 2. The molecular formula is C21H20ClFN4O4S. The highest BCUT2D eigenvalue weighted by molar-refractivity contribution is 7.98. The number of anilines is 1. The molecule has 32 heavy (non-hydrogen) atoms. The molecule has 11 heteroatoms. The van der Waals surface area contributed by atoms with E-state index in [2.05, 4.69) is 21.3 Å². The maximum Gasteiger partial charge on any atom is 0.258 e. The molecule has 3 aliphatic carbocycles. The molecule has 0 aliphatic heterocycles. The molecule has 0 heterocycles. The van der Waals surface area contributed by atoms with Crippen molar-refractivity contribution in [1.29, 1.82) is 0 Å². The lowest BCUT2D eigenvalue weighted by Crippen LogP contribution is -2.84. The van der Waals surface area contributed by atoms with Gasteiger partial charge in [0.15, 0.2) is 6.61 Å². The normalized spacial score (nSPS) is 22.7. The van der Waals surface area contributed by atoms with Crippen molar-refractivity contribution in [3.05, 3.63) is 57.7 Å². The fraction of sp³-hybridized carbons (Fsp3) is 0.333. The minimum Gasteiger partial charge on any atom is -0.484 e. The highest BCUT2D eigenvalue weighted by Crippen LogP contribution is 2.60. The number of carbonyl (C=O) groups is 2. The third-order valence-electron chi connectivity index (χ3n) is 5.70. The number of halogens is 2. The summed E-state index contributed by atoms with van der Waals surface area (Å²) in [6.07, 6.45) is 3.73. The van der Waals surface area contributed by atoms with Crippen molar-refractivity contribution >= 4 is 40.9 Å². The van der Waals surface area contributed by atoms with E-state index in [4.69, 9.17) is 16.3 Å². The van der Waals surface area contributed by atoms with Gasteiger partial charge in [-0.2, -0.15) is 0 Å². The van der Waals surface area contributed by atoms with Crippen LogP contribution < -0.4 is 20.8 Å². The standard InChI is InChI=1S/C21H20ClFN4O4S/c1-32-17-5-2-12(6-16(17)26-27-30)19(29)25-21-9-20(10-21,11-21)24-18(28)8-31-13-3-4-14(22)15(23)7-13/h2-7H,8-11H2,1H3,(H,24,28)(H,25,29)(H,26,30). The molecule has 0 unspecified atom stereocenters. The van der Waals surface area contributed by atoms with E-state index < -0.39 is 5.82 Å². The van der Waals surface area contributed by atoms with Crippen molar-refractivity contribution in [2.75, 3.05) is 18.3 Å². The van der Waals surface area contributed by atoms with Gasteiger partial charge >= 0.3 is 0 Å². The van der Waals surface area contributed by atoms with E-state index in [1.54, 1.807) is 18.2 Å². The molecule has 2 aromatic rings. The van der Waals surface area contributed by atoms with E-state index in [9.17, 15) is 18.9 Å². The summed E-state index contributed by atoms with van der Waals surface area (Å²) in [5, 5.41) is 8.64. The van der Waals surface area contributed by atoms with Gasteiger partial charge in [-0.15, -0.1) is 16.7 Å². The molecule has 3 N–H and O–H groups in total. The number of thioether (sulfide) groups is 1. The first kappa shape index (κ1) is 22.3. The Morgan fingerprint density at radius 3 is 2.53 bits per heavy atom. The number of ether oxygens (including phenoxy) is 1. The van der Waals surface area contributed by atoms with Crippen molar-refractivity contribution < 1.29 is 18.7 Å². The van der Waals surface area contributed by atoms with E-state index in [-0.39, 0.29) is 40.3 Å². The van der Waals surface area contributed by atoms with E-state index in [1.165, 1.54) is 23.9 Å². The van der Waals surface area contributed by atoms with Crippen molar-refractivity contribution in [3.8, 4) is 5.75 Å². The van der Waals surface area contributed by atoms with Crippen molar-refractivity contribution in [2.24, 2.45) is 5.29 Å². The largest absolute Gasteiger partial charge is 0.484 e. The lowest BCUT2D eigenvalue weighted by Gasteiger charge is -2.70. The SMILES string of the molecule is CSc1ccc(C(=O)NC23CC(NC(=O)COc4ccc(Cl)c(F)c4)(C2)C3)cc1NN=O. The van der Waals surface area contributed by atoms with E-state index >= 15 is 0 Å². The summed E-state index contributed by atoms with van der Waals surface area (Å²) in [7, 11) is 0. The summed E-state index contributed by atoms with van der Waals surface area (Å²) in [5.74, 6) is -0.964. The number of hydrogen-bond acceptors (Lipinski definition) is 6. The van der Waals surface area contributed by atoms with Gasteiger partial charge in [0.25, 0.3) is 11.8 Å². The zero-order valence-electron chi connectivity index (χ0n) is 17.0. The summed E-state index contributed by atoms with van der Waals surface area (Å²) in [5.41, 5.74) is 2.55. The maximum absolute atomic E-state index is 13.4. The number of carbonyl (C=O) groups excluding carboxylic acids is 2. The third kappa shape index (κ3) is 4.37. The molecule has 0 atom stereocenters. The molecule has 0 aromatic heterocycles. The summed E-state index contributed by atoms with van der Waals surface area (Å²) in [6, 6.07) is 9.00. The van der Waals surface area contributed by atoms with Gasteiger partial charge in [0, 0.05) is 27.6 Å². The first-order valence-electron chi connectivity index (χ1n) is 9.75. The molecule has 168 valence electrons. The Kier molecular flexibility index (Phi) is 6.00. The fourth-order valence-corrected chi connectivity index (χ4v) is 5.05. The lowest BCUT2D eigenvalue weighted by atomic mass is 9.44. The number of benzene rings is 2. The topological polar surface area (TPSA) is 109 Å². The molecule has 0 spiro atoms. The van der Waals surface area contributed by atoms with Crippen LogP contribution in [0.4, 0.5) is 10.1 Å². The van der Waals surface area contributed by atoms with E-state index in [0.717, 1.165) is 11.0 Å². The number of hydrogen-bond donors (Lipinski definition) is 3. The van der Waals surface area contributed by atoms with E-state index in [1.807, 2.05) is 6.26 Å². The molecule has 2 bridgehead atoms. The first-order chi connectivity index (χ1) is 15.3. The second-order valence-corrected chi connectivity index (χ2v) is 9.33. The van der Waals surface area contributed by atoms with Crippen LogP contribution in [-0.4, -0.2) is 35.8 Å². The molecular weight excluding hydrogens is 459 g/mol. The molecule has 5 rings (SSSR count). The predicted octanol–water partition coefficient (Wildman–Crippen LogP) is 3.89. The minimum atomic E-state index is -0.616. The number of nitrogens with one attached hydrogen (secondary N) is 3. The molecule has 3 saturated carbocycles. The number of nitroso groups, excluding NO2 is 1. The van der Waals surface area contributed by atoms with Crippen LogP contribution in [0.5, 0.6) is 5.75 Å². The van der Waals surface area contributed by atoms with Crippen molar-refractivity contribution in [1.82, 2.24) is 10.6 Å². The van der Waals surface area contributed by atoms with Gasteiger partial charge in [0.1, 0.15) is 11.6 Å². The quantitative estimate of drug-likeness (QED) is 0.286. The molecule has 0 radical (unpaired) electrons. The average molecular weight is 479 g/mol. The van der Waals surface area contributed by atoms with Gasteiger partial charge in [-0.25, -0.2) is 9.82 Å². The van der Waals surface area contributed by atoms with Gasteiger partial charge in [-0.1, -0.05) is 11.6 Å². The Labute approximate surface area is 192 Å². The fourth-order valence-electron chi connectivity index (χ4n) is 4.40. The predicted molar refractivity (Wildman–Crippen MR) is 119 cm³/mol. The lowest BCUT2D eigenvalue weighted by molar-refractivity contribution is -0.141. The molecule has 2 aromatic carbocycles. The first-order valence-corrected chi connectivity index (χ1v) is 11.4. The van der Waals surface area contributed by atoms with Gasteiger partial charge < -0.3 is 15.4 Å². The molecule has 8 nitrogen and oxygen atoms in total.